The summed E-state index contributed by atoms with van der Waals surface area (Å²) in [5, 5.41) is 0.661. The fourth-order valence-corrected chi connectivity index (χ4v) is 3.66. The molecule has 1 aromatic rings. The predicted octanol–water partition coefficient (Wildman–Crippen LogP) is 2.76. The predicted molar refractivity (Wildman–Crippen MR) is 87.7 cm³/mol. The van der Waals surface area contributed by atoms with Crippen LogP contribution < -0.4 is 16.4 Å². The van der Waals surface area contributed by atoms with E-state index >= 15 is 0 Å². The molecule has 0 unspecified atom stereocenters. The third-order valence-electron chi connectivity index (χ3n) is 4.26. The molecule has 1 spiro atoms. The van der Waals surface area contributed by atoms with E-state index in [0.29, 0.717) is 11.0 Å². The van der Waals surface area contributed by atoms with Crippen LogP contribution in [0.3, 0.4) is 0 Å². The Morgan fingerprint density at radius 3 is 2.57 bits per heavy atom. The fraction of sp³-hybridized carbons (Fsp3) is 0.467. The van der Waals surface area contributed by atoms with E-state index in [4.69, 9.17) is 23.1 Å². The highest BCUT2D eigenvalue weighted by molar-refractivity contribution is 6.34. The standard InChI is InChI=1S/C15H20ClN5/c1-10-6-5-7-11(16)12(10)21-14(18)19-13(17)20-15(21)8-3-2-4-9-15/h5-7H,2-4,8-9H2,1H3,(H4,17,18,19,20). The molecule has 112 valence electrons. The molecule has 1 aliphatic heterocycles. The SMILES string of the molecule is Cc1cccc(Cl)c1N1C(N)=NC(N)=NC12CCCCC2. The summed E-state index contributed by atoms with van der Waals surface area (Å²) in [5.74, 6) is 0.635. The van der Waals surface area contributed by atoms with E-state index < -0.39 is 5.66 Å². The van der Waals surface area contributed by atoms with Gasteiger partial charge in [0, 0.05) is 0 Å². The van der Waals surface area contributed by atoms with Crippen LogP contribution >= 0.6 is 11.6 Å². The number of nitrogens with zero attached hydrogens (tertiary/aromatic N) is 3. The van der Waals surface area contributed by atoms with Crippen molar-refractivity contribution in [2.24, 2.45) is 21.5 Å². The Bertz CT molecular complexity index is 596. The van der Waals surface area contributed by atoms with Crippen LogP contribution in [0.2, 0.25) is 5.02 Å². The van der Waals surface area contributed by atoms with E-state index in [1.807, 2.05) is 30.0 Å². The first-order chi connectivity index (χ1) is 10.0. The number of guanidine groups is 2. The molecule has 6 heteroatoms. The Morgan fingerprint density at radius 2 is 1.90 bits per heavy atom. The summed E-state index contributed by atoms with van der Waals surface area (Å²) in [6.45, 7) is 2.02. The summed E-state index contributed by atoms with van der Waals surface area (Å²) in [6, 6.07) is 5.83. The highest BCUT2D eigenvalue weighted by Gasteiger charge is 2.43. The second-order valence-corrected chi connectivity index (χ2v) is 6.13. The van der Waals surface area contributed by atoms with Gasteiger partial charge in [0.25, 0.3) is 0 Å². The molecule has 0 aromatic heterocycles. The maximum Gasteiger partial charge on any atom is 0.220 e. The normalized spacial score (nSPS) is 21.1. The topological polar surface area (TPSA) is 80.0 Å². The molecule has 5 nitrogen and oxygen atoms in total. The number of hydrogen-bond acceptors (Lipinski definition) is 5. The lowest BCUT2D eigenvalue weighted by Crippen LogP contribution is -2.58. The van der Waals surface area contributed by atoms with Crippen molar-refractivity contribution in [1.29, 1.82) is 0 Å². The summed E-state index contributed by atoms with van der Waals surface area (Å²) in [7, 11) is 0. The van der Waals surface area contributed by atoms with Crippen LogP contribution in [-0.2, 0) is 0 Å². The number of hydrogen-bond donors (Lipinski definition) is 2. The Morgan fingerprint density at radius 1 is 1.19 bits per heavy atom. The van der Waals surface area contributed by atoms with Crippen molar-refractivity contribution >= 4 is 29.2 Å². The molecule has 1 aliphatic carbocycles. The Hall–Kier alpha value is -1.75. The summed E-state index contributed by atoms with van der Waals surface area (Å²) in [6.07, 6.45) is 5.24. The average Bonchev–Trinajstić information content (AvgIpc) is 2.42. The third-order valence-corrected chi connectivity index (χ3v) is 4.57. The largest absolute Gasteiger partial charge is 0.369 e. The van der Waals surface area contributed by atoms with E-state index in [1.54, 1.807) is 0 Å². The molecule has 0 radical (unpaired) electrons. The van der Waals surface area contributed by atoms with Crippen LogP contribution in [0, 0.1) is 6.92 Å². The van der Waals surface area contributed by atoms with Crippen LogP contribution in [0.1, 0.15) is 37.7 Å². The van der Waals surface area contributed by atoms with Crippen molar-refractivity contribution in [3.63, 3.8) is 0 Å². The smallest absolute Gasteiger partial charge is 0.220 e. The molecule has 2 aliphatic rings. The van der Waals surface area contributed by atoms with Gasteiger partial charge in [-0.05, 0) is 44.2 Å². The molecule has 3 rings (SSSR count). The van der Waals surface area contributed by atoms with Crippen molar-refractivity contribution in [2.45, 2.75) is 44.7 Å². The molecule has 1 saturated carbocycles. The van der Waals surface area contributed by atoms with Gasteiger partial charge < -0.3 is 11.5 Å². The van der Waals surface area contributed by atoms with E-state index in [-0.39, 0.29) is 5.96 Å². The van der Waals surface area contributed by atoms with Gasteiger partial charge in [-0.15, -0.1) is 0 Å². The van der Waals surface area contributed by atoms with Crippen molar-refractivity contribution in [3.05, 3.63) is 28.8 Å². The lowest BCUT2D eigenvalue weighted by atomic mass is 9.87. The molecule has 21 heavy (non-hydrogen) atoms. The number of nitrogens with two attached hydrogens (primary N) is 2. The minimum Gasteiger partial charge on any atom is -0.369 e. The lowest BCUT2D eigenvalue weighted by Gasteiger charge is -2.46. The highest BCUT2D eigenvalue weighted by atomic mass is 35.5. The molecule has 4 N–H and O–H groups in total. The minimum atomic E-state index is -0.441. The minimum absolute atomic E-state index is 0.260. The lowest BCUT2D eigenvalue weighted by molar-refractivity contribution is 0.305. The molecule has 0 bridgehead atoms. The molecular formula is C15H20ClN5. The second-order valence-electron chi connectivity index (χ2n) is 5.72. The molecule has 1 aromatic carbocycles. The number of aryl methyl sites for hydroxylation is 1. The molecule has 1 heterocycles. The average molecular weight is 306 g/mol. The molecule has 0 atom stereocenters. The van der Waals surface area contributed by atoms with E-state index in [0.717, 1.165) is 36.9 Å². The Balaban J connectivity index is 2.16. The zero-order valence-electron chi connectivity index (χ0n) is 12.1. The van der Waals surface area contributed by atoms with Gasteiger partial charge >= 0.3 is 0 Å². The van der Waals surface area contributed by atoms with Crippen LogP contribution in [0.5, 0.6) is 0 Å². The van der Waals surface area contributed by atoms with Gasteiger partial charge in [0.2, 0.25) is 11.9 Å². The van der Waals surface area contributed by atoms with Gasteiger partial charge in [-0.1, -0.05) is 30.2 Å². The fourth-order valence-electron chi connectivity index (χ4n) is 3.35. The van der Waals surface area contributed by atoms with Gasteiger partial charge in [-0.2, -0.15) is 4.99 Å². The van der Waals surface area contributed by atoms with E-state index in [2.05, 4.69) is 9.98 Å². The summed E-state index contributed by atoms with van der Waals surface area (Å²) >= 11 is 6.44. The Labute approximate surface area is 129 Å². The highest BCUT2D eigenvalue weighted by Crippen LogP contribution is 2.42. The van der Waals surface area contributed by atoms with Crippen molar-refractivity contribution < 1.29 is 0 Å². The van der Waals surface area contributed by atoms with Crippen LogP contribution in [0.25, 0.3) is 0 Å². The van der Waals surface area contributed by atoms with Gasteiger partial charge in [0.15, 0.2) is 0 Å². The zero-order chi connectivity index (χ0) is 15.0. The second kappa shape index (κ2) is 5.22. The number of anilines is 1. The number of halogens is 1. The van der Waals surface area contributed by atoms with Gasteiger partial charge in [0.05, 0.1) is 10.7 Å². The zero-order valence-corrected chi connectivity index (χ0v) is 12.9. The summed E-state index contributed by atoms with van der Waals surface area (Å²) < 4.78 is 0. The summed E-state index contributed by atoms with van der Waals surface area (Å²) in [4.78, 5) is 10.8. The Kier molecular flexibility index (Phi) is 3.53. The third kappa shape index (κ3) is 2.35. The number of benzene rings is 1. The van der Waals surface area contributed by atoms with Crippen molar-refractivity contribution in [1.82, 2.24) is 0 Å². The van der Waals surface area contributed by atoms with Crippen LogP contribution in [-0.4, -0.2) is 17.6 Å². The van der Waals surface area contributed by atoms with Gasteiger partial charge in [-0.25, -0.2) is 4.99 Å². The molecule has 0 saturated heterocycles. The van der Waals surface area contributed by atoms with Gasteiger partial charge in [0.1, 0.15) is 5.66 Å². The monoisotopic (exact) mass is 305 g/mol. The molecule has 0 amide bonds. The van der Waals surface area contributed by atoms with Crippen molar-refractivity contribution in [3.8, 4) is 0 Å². The first-order valence-corrected chi connectivity index (χ1v) is 7.66. The first-order valence-electron chi connectivity index (χ1n) is 7.28. The number of para-hydroxylation sites is 1. The quantitative estimate of drug-likeness (QED) is 0.837. The first kappa shape index (κ1) is 14.2. The van der Waals surface area contributed by atoms with Crippen LogP contribution in [0.15, 0.2) is 28.2 Å². The maximum atomic E-state index is 6.44. The maximum absolute atomic E-state index is 6.44. The van der Waals surface area contributed by atoms with Crippen molar-refractivity contribution in [2.75, 3.05) is 4.90 Å². The van der Waals surface area contributed by atoms with E-state index in [1.165, 1.54) is 6.42 Å². The van der Waals surface area contributed by atoms with Gasteiger partial charge in [-0.3, -0.25) is 4.90 Å². The van der Waals surface area contributed by atoms with Crippen LogP contribution in [0.4, 0.5) is 5.69 Å². The van der Waals surface area contributed by atoms with E-state index in [9.17, 15) is 0 Å². The summed E-state index contributed by atoms with van der Waals surface area (Å²) in [5.41, 5.74) is 13.6. The molecular weight excluding hydrogens is 286 g/mol. The molecule has 1 fully saturated rings. The number of rotatable bonds is 1. The number of aliphatic imine (C=N–C) groups is 2.